The summed E-state index contributed by atoms with van der Waals surface area (Å²) in [6.45, 7) is 4.24. The molecular formula is C13H28N2O5S. The van der Waals surface area contributed by atoms with Crippen molar-refractivity contribution in [1.82, 2.24) is 9.21 Å². The molecule has 0 saturated carbocycles. The number of esters is 1. The van der Waals surface area contributed by atoms with Gasteiger partial charge in [0.25, 0.3) is 0 Å². The molecule has 21 heavy (non-hydrogen) atoms. The van der Waals surface area contributed by atoms with E-state index in [2.05, 4.69) is 0 Å². The van der Waals surface area contributed by atoms with Gasteiger partial charge in [-0.25, -0.2) is 12.7 Å². The summed E-state index contributed by atoms with van der Waals surface area (Å²) in [7, 11) is 1.72. The van der Waals surface area contributed by atoms with Crippen LogP contribution in [0.15, 0.2) is 0 Å². The highest BCUT2D eigenvalue weighted by Crippen LogP contribution is 2.07. The van der Waals surface area contributed by atoms with Gasteiger partial charge in [0.05, 0.1) is 18.9 Å². The SMILES string of the molecule is CC[C@H](C)O[C@H](COC(=O)CN(C)C)CN(C)S(C)(=O)=O. The summed E-state index contributed by atoms with van der Waals surface area (Å²) < 4.78 is 35.0. The monoisotopic (exact) mass is 324 g/mol. The molecule has 0 spiro atoms. The summed E-state index contributed by atoms with van der Waals surface area (Å²) in [5.74, 6) is -0.361. The lowest BCUT2D eigenvalue weighted by Gasteiger charge is -2.25. The van der Waals surface area contributed by atoms with Crippen LogP contribution in [0, 0.1) is 0 Å². The fraction of sp³-hybridized carbons (Fsp3) is 0.923. The van der Waals surface area contributed by atoms with Crippen LogP contribution in [0.25, 0.3) is 0 Å². The van der Waals surface area contributed by atoms with E-state index < -0.39 is 16.1 Å². The average Bonchev–Trinajstić information content (AvgIpc) is 2.33. The van der Waals surface area contributed by atoms with E-state index in [0.29, 0.717) is 0 Å². The van der Waals surface area contributed by atoms with Gasteiger partial charge in [-0.1, -0.05) is 6.92 Å². The lowest BCUT2D eigenvalue weighted by atomic mass is 10.3. The van der Waals surface area contributed by atoms with Crippen LogP contribution in [0.4, 0.5) is 0 Å². The number of carbonyl (C=O) groups is 1. The van der Waals surface area contributed by atoms with Crippen LogP contribution in [0.3, 0.4) is 0 Å². The Morgan fingerprint density at radius 2 is 1.81 bits per heavy atom. The topological polar surface area (TPSA) is 76.2 Å². The first kappa shape index (κ1) is 20.3. The summed E-state index contributed by atoms with van der Waals surface area (Å²) in [4.78, 5) is 13.2. The maximum absolute atomic E-state index is 11.5. The maximum Gasteiger partial charge on any atom is 0.320 e. The summed E-state index contributed by atoms with van der Waals surface area (Å²) in [6, 6.07) is 0. The molecule has 0 rings (SSSR count). The van der Waals surface area contributed by atoms with E-state index >= 15 is 0 Å². The standard InChI is InChI=1S/C13H28N2O5S/c1-7-11(2)20-12(8-15(5)21(6,17)18)10-19-13(16)9-14(3)4/h11-12H,7-10H2,1-6H3/t11-,12-/m0/s1. The van der Waals surface area contributed by atoms with E-state index in [0.717, 1.165) is 12.7 Å². The first-order valence-corrected chi connectivity index (χ1v) is 8.78. The van der Waals surface area contributed by atoms with Crippen molar-refractivity contribution in [3.63, 3.8) is 0 Å². The lowest BCUT2D eigenvalue weighted by Crippen LogP contribution is -2.39. The van der Waals surface area contributed by atoms with Crippen LogP contribution in [0.1, 0.15) is 20.3 Å². The molecule has 0 heterocycles. The third-order valence-corrected chi connectivity index (χ3v) is 4.18. The van der Waals surface area contributed by atoms with Crippen molar-refractivity contribution in [3.05, 3.63) is 0 Å². The number of sulfonamides is 1. The zero-order valence-corrected chi connectivity index (χ0v) is 14.6. The average molecular weight is 324 g/mol. The molecule has 7 nitrogen and oxygen atoms in total. The zero-order valence-electron chi connectivity index (χ0n) is 13.8. The van der Waals surface area contributed by atoms with Crippen molar-refractivity contribution in [2.45, 2.75) is 32.5 Å². The van der Waals surface area contributed by atoms with Crippen molar-refractivity contribution in [2.75, 3.05) is 47.1 Å². The van der Waals surface area contributed by atoms with Gasteiger partial charge in [0.1, 0.15) is 12.7 Å². The molecule has 0 aliphatic rings. The molecule has 0 saturated heterocycles. The first-order chi connectivity index (χ1) is 9.56. The molecule has 0 amide bonds. The summed E-state index contributed by atoms with van der Waals surface area (Å²) in [5.41, 5.74) is 0. The van der Waals surface area contributed by atoms with Gasteiger partial charge in [0.2, 0.25) is 10.0 Å². The summed E-state index contributed by atoms with van der Waals surface area (Å²) in [5, 5.41) is 0. The van der Waals surface area contributed by atoms with Crippen LogP contribution in [0.5, 0.6) is 0 Å². The number of hydrogen-bond donors (Lipinski definition) is 0. The summed E-state index contributed by atoms with van der Waals surface area (Å²) >= 11 is 0. The first-order valence-electron chi connectivity index (χ1n) is 6.93. The van der Waals surface area contributed by atoms with Crippen molar-refractivity contribution in [2.24, 2.45) is 0 Å². The molecule has 0 aromatic carbocycles. The predicted molar refractivity (Wildman–Crippen MR) is 81.6 cm³/mol. The Kier molecular flexibility index (Phi) is 9.03. The van der Waals surface area contributed by atoms with Gasteiger partial charge < -0.3 is 9.47 Å². The van der Waals surface area contributed by atoms with Crippen molar-refractivity contribution in [3.8, 4) is 0 Å². The minimum absolute atomic E-state index is 0.0319. The highest BCUT2D eigenvalue weighted by molar-refractivity contribution is 7.88. The maximum atomic E-state index is 11.5. The Labute approximate surface area is 128 Å². The fourth-order valence-electron chi connectivity index (χ4n) is 1.47. The van der Waals surface area contributed by atoms with Gasteiger partial charge in [-0.05, 0) is 27.4 Å². The molecule has 0 bridgehead atoms. The number of rotatable bonds is 10. The van der Waals surface area contributed by atoms with Gasteiger partial charge in [-0.2, -0.15) is 0 Å². The molecule has 0 aromatic rings. The van der Waals surface area contributed by atoms with Gasteiger partial charge >= 0.3 is 5.97 Å². The third kappa shape index (κ3) is 9.78. The van der Waals surface area contributed by atoms with E-state index in [-0.39, 0.29) is 31.8 Å². The summed E-state index contributed by atoms with van der Waals surface area (Å²) in [6.07, 6.45) is 1.41. The highest BCUT2D eigenvalue weighted by Gasteiger charge is 2.21. The Hall–Kier alpha value is -0.700. The van der Waals surface area contributed by atoms with Crippen LogP contribution in [0.2, 0.25) is 0 Å². The molecule has 0 radical (unpaired) electrons. The van der Waals surface area contributed by atoms with E-state index in [4.69, 9.17) is 9.47 Å². The van der Waals surface area contributed by atoms with Crippen LogP contribution >= 0.6 is 0 Å². The largest absolute Gasteiger partial charge is 0.462 e. The minimum atomic E-state index is -3.29. The Morgan fingerprint density at radius 1 is 1.24 bits per heavy atom. The second-order valence-electron chi connectivity index (χ2n) is 5.44. The van der Waals surface area contributed by atoms with Crippen molar-refractivity contribution in [1.29, 1.82) is 0 Å². The van der Waals surface area contributed by atoms with Gasteiger partial charge in [0.15, 0.2) is 0 Å². The van der Waals surface area contributed by atoms with Crippen LogP contribution in [-0.4, -0.2) is 82.9 Å². The molecule has 0 aromatic heterocycles. The van der Waals surface area contributed by atoms with E-state index in [1.807, 2.05) is 13.8 Å². The smallest absolute Gasteiger partial charge is 0.320 e. The molecule has 2 atom stereocenters. The van der Waals surface area contributed by atoms with Gasteiger partial charge in [-0.15, -0.1) is 0 Å². The number of ether oxygens (including phenoxy) is 2. The van der Waals surface area contributed by atoms with E-state index in [1.54, 1.807) is 19.0 Å². The molecule has 8 heteroatoms. The second kappa shape index (κ2) is 9.34. The minimum Gasteiger partial charge on any atom is -0.462 e. The Bertz CT molecular complexity index is 411. The highest BCUT2D eigenvalue weighted by atomic mass is 32.2. The predicted octanol–water partition coefficient (Wildman–Crippen LogP) is 0.166. The normalized spacial score (nSPS) is 15.2. The fourth-order valence-corrected chi connectivity index (χ4v) is 1.91. The van der Waals surface area contributed by atoms with Gasteiger partial charge in [-0.3, -0.25) is 9.69 Å². The van der Waals surface area contributed by atoms with Crippen molar-refractivity contribution >= 4 is 16.0 Å². The molecule has 0 aliphatic carbocycles. The number of likely N-dealkylation sites (N-methyl/N-ethyl adjacent to an activating group) is 2. The van der Waals surface area contributed by atoms with E-state index in [1.165, 1.54) is 11.4 Å². The molecule has 0 aliphatic heterocycles. The zero-order chi connectivity index (χ0) is 16.6. The van der Waals surface area contributed by atoms with Crippen molar-refractivity contribution < 1.29 is 22.7 Å². The molecule has 0 N–H and O–H groups in total. The van der Waals surface area contributed by atoms with Crippen LogP contribution < -0.4 is 0 Å². The number of carbonyl (C=O) groups excluding carboxylic acids is 1. The number of nitrogens with zero attached hydrogens (tertiary/aromatic N) is 2. The van der Waals surface area contributed by atoms with E-state index in [9.17, 15) is 13.2 Å². The Balaban J connectivity index is 4.56. The van der Waals surface area contributed by atoms with Crippen LogP contribution in [-0.2, 0) is 24.3 Å². The second-order valence-corrected chi connectivity index (χ2v) is 7.53. The molecule has 0 unspecified atom stereocenters. The lowest BCUT2D eigenvalue weighted by molar-refractivity contribution is -0.150. The number of hydrogen-bond acceptors (Lipinski definition) is 6. The molecular weight excluding hydrogens is 296 g/mol. The molecule has 0 fully saturated rings. The van der Waals surface area contributed by atoms with Gasteiger partial charge in [0, 0.05) is 13.6 Å². The molecule has 126 valence electrons. The third-order valence-electron chi connectivity index (χ3n) is 2.90. The quantitative estimate of drug-likeness (QED) is 0.533. The Morgan fingerprint density at radius 3 is 2.24 bits per heavy atom.